The van der Waals surface area contributed by atoms with Gasteiger partial charge >= 0.3 is 0 Å². The Kier molecular flexibility index (Phi) is 2.39. The Bertz CT molecular complexity index is 295. The highest BCUT2D eigenvalue weighted by Gasteiger charge is 2.42. The molecule has 1 saturated carbocycles. The molecule has 0 N–H and O–H groups in total. The van der Waals surface area contributed by atoms with Crippen LogP contribution in [-0.2, 0) is 0 Å². The average Bonchev–Trinajstić information content (AvgIpc) is 2.17. The van der Waals surface area contributed by atoms with Crippen LogP contribution in [0.2, 0.25) is 0 Å². The van der Waals surface area contributed by atoms with Gasteiger partial charge in [0.05, 0.1) is 12.0 Å². The van der Waals surface area contributed by atoms with Crippen molar-refractivity contribution < 1.29 is 0 Å². The van der Waals surface area contributed by atoms with Gasteiger partial charge in [0.15, 0.2) is 0 Å². The molecule has 0 saturated heterocycles. The molecular weight excluding hydrogens is 170 g/mol. The second-order valence-electron chi connectivity index (χ2n) is 5.30. The quantitative estimate of drug-likeness (QED) is 0.580. The molecule has 0 heterocycles. The van der Waals surface area contributed by atoms with Gasteiger partial charge in [-0.1, -0.05) is 25.5 Å². The molecule has 0 aromatic heterocycles. The van der Waals surface area contributed by atoms with Crippen molar-refractivity contribution in [2.24, 2.45) is 29.6 Å². The minimum Gasteiger partial charge on any atom is -0.198 e. The van der Waals surface area contributed by atoms with Crippen LogP contribution in [0.3, 0.4) is 0 Å². The van der Waals surface area contributed by atoms with Crippen molar-refractivity contribution >= 4 is 0 Å². The van der Waals surface area contributed by atoms with Crippen LogP contribution in [0.25, 0.3) is 0 Å². The van der Waals surface area contributed by atoms with Crippen LogP contribution in [0.1, 0.15) is 33.6 Å². The van der Waals surface area contributed by atoms with E-state index >= 15 is 0 Å². The van der Waals surface area contributed by atoms with Crippen LogP contribution in [-0.4, -0.2) is 0 Å². The van der Waals surface area contributed by atoms with Gasteiger partial charge in [0.1, 0.15) is 0 Å². The monoisotopic (exact) mass is 189 g/mol. The molecule has 3 rings (SSSR count). The van der Waals surface area contributed by atoms with E-state index in [0.29, 0.717) is 17.8 Å². The lowest BCUT2D eigenvalue weighted by Crippen LogP contribution is -2.38. The predicted octanol–water partition coefficient (Wildman–Crippen LogP) is 3.38. The van der Waals surface area contributed by atoms with Crippen LogP contribution in [0.5, 0.6) is 0 Å². The Balaban J connectivity index is 2.27. The molecule has 1 fully saturated rings. The number of fused-ring (bicyclic) bond motifs is 2. The van der Waals surface area contributed by atoms with Crippen LogP contribution in [0.15, 0.2) is 11.6 Å². The second-order valence-corrected chi connectivity index (χ2v) is 5.30. The highest BCUT2D eigenvalue weighted by Crippen LogP contribution is 2.49. The first-order chi connectivity index (χ1) is 6.63. The van der Waals surface area contributed by atoms with Gasteiger partial charge in [-0.05, 0) is 43.4 Å². The Morgan fingerprint density at radius 1 is 1.43 bits per heavy atom. The molecule has 0 aliphatic heterocycles. The maximum atomic E-state index is 9.12. The van der Waals surface area contributed by atoms with Gasteiger partial charge in [-0.2, -0.15) is 5.26 Å². The van der Waals surface area contributed by atoms with Crippen molar-refractivity contribution in [3.8, 4) is 6.07 Å². The van der Waals surface area contributed by atoms with Crippen molar-refractivity contribution in [1.29, 1.82) is 5.26 Å². The molecule has 14 heavy (non-hydrogen) atoms. The third-order valence-electron chi connectivity index (χ3n) is 4.18. The zero-order chi connectivity index (χ0) is 10.3. The van der Waals surface area contributed by atoms with Crippen LogP contribution in [0.4, 0.5) is 0 Å². The lowest BCUT2D eigenvalue weighted by molar-refractivity contribution is 0.126. The lowest BCUT2D eigenvalue weighted by atomic mass is 9.58. The third kappa shape index (κ3) is 1.38. The Morgan fingerprint density at radius 2 is 2.14 bits per heavy atom. The summed E-state index contributed by atoms with van der Waals surface area (Å²) in [6, 6.07) is 2.50. The fraction of sp³-hybridized carbons (Fsp3) is 0.769. The Hall–Kier alpha value is -0.770. The maximum Gasteiger partial charge on any atom is 0.0662 e. The molecular formula is C13H19N. The molecule has 3 aliphatic rings. The number of rotatable bonds is 1. The zero-order valence-electron chi connectivity index (χ0n) is 9.33. The Morgan fingerprint density at radius 3 is 2.64 bits per heavy atom. The molecule has 0 spiro atoms. The van der Waals surface area contributed by atoms with Crippen molar-refractivity contribution in [2.75, 3.05) is 0 Å². The summed E-state index contributed by atoms with van der Waals surface area (Å²) in [5.41, 5.74) is 1.54. The van der Waals surface area contributed by atoms with E-state index in [-0.39, 0.29) is 0 Å². The molecule has 0 aromatic rings. The van der Waals surface area contributed by atoms with Gasteiger partial charge in [0, 0.05) is 0 Å². The van der Waals surface area contributed by atoms with E-state index in [1.165, 1.54) is 6.42 Å². The van der Waals surface area contributed by atoms with Gasteiger partial charge in [0.2, 0.25) is 0 Å². The molecule has 0 unspecified atom stereocenters. The summed E-state index contributed by atoms with van der Waals surface area (Å²) in [6.45, 7) is 6.83. The summed E-state index contributed by atoms with van der Waals surface area (Å²) >= 11 is 0. The SMILES string of the molecule is CC1=C[C@@H]2[C@@H](C(C)C)C[C@H]1C[C@@H]2C#N. The summed E-state index contributed by atoms with van der Waals surface area (Å²) in [5.74, 6) is 3.02. The van der Waals surface area contributed by atoms with Gasteiger partial charge in [-0.25, -0.2) is 0 Å². The van der Waals surface area contributed by atoms with Crippen molar-refractivity contribution in [1.82, 2.24) is 0 Å². The summed E-state index contributed by atoms with van der Waals surface area (Å²) in [7, 11) is 0. The van der Waals surface area contributed by atoms with E-state index < -0.39 is 0 Å². The number of nitrogens with zero attached hydrogens (tertiary/aromatic N) is 1. The molecule has 0 aromatic carbocycles. The normalized spacial score (nSPS) is 40.9. The summed E-state index contributed by atoms with van der Waals surface area (Å²) < 4.78 is 0. The number of hydrogen-bond acceptors (Lipinski definition) is 1. The molecule has 3 aliphatic carbocycles. The van der Waals surface area contributed by atoms with Crippen LogP contribution in [0, 0.1) is 40.9 Å². The molecule has 2 bridgehead atoms. The first-order valence-corrected chi connectivity index (χ1v) is 5.71. The zero-order valence-corrected chi connectivity index (χ0v) is 9.33. The van der Waals surface area contributed by atoms with E-state index in [2.05, 4.69) is 32.9 Å². The summed E-state index contributed by atoms with van der Waals surface area (Å²) in [6.07, 6.45) is 4.83. The minimum absolute atomic E-state index is 0.296. The minimum atomic E-state index is 0.296. The molecule has 1 nitrogen and oxygen atoms in total. The Labute approximate surface area is 86.8 Å². The van der Waals surface area contributed by atoms with E-state index in [0.717, 1.165) is 18.3 Å². The first kappa shape index (κ1) is 9.77. The van der Waals surface area contributed by atoms with Crippen LogP contribution >= 0.6 is 0 Å². The van der Waals surface area contributed by atoms with Crippen molar-refractivity contribution in [3.05, 3.63) is 11.6 Å². The van der Waals surface area contributed by atoms with Crippen molar-refractivity contribution in [2.45, 2.75) is 33.6 Å². The molecule has 76 valence electrons. The summed E-state index contributed by atoms with van der Waals surface area (Å²) in [5, 5.41) is 9.12. The number of nitriles is 1. The van der Waals surface area contributed by atoms with E-state index in [1.54, 1.807) is 5.57 Å². The van der Waals surface area contributed by atoms with Gasteiger partial charge in [0.25, 0.3) is 0 Å². The van der Waals surface area contributed by atoms with E-state index in [4.69, 9.17) is 5.26 Å². The van der Waals surface area contributed by atoms with Gasteiger partial charge < -0.3 is 0 Å². The number of hydrogen-bond donors (Lipinski definition) is 0. The molecule has 4 atom stereocenters. The van der Waals surface area contributed by atoms with E-state index in [9.17, 15) is 0 Å². The molecule has 0 radical (unpaired) electrons. The smallest absolute Gasteiger partial charge is 0.0662 e. The first-order valence-electron chi connectivity index (χ1n) is 5.71. The van der Waals surface area contributed by atoms with Gasteiger partial charge in [-0.3, -0.25) is 0 Å². The molecule has 1 heteroatoms. The predicted molar refractivity (Wildman–Crippen MR) is 57.4 cm³/mol. The lowest BCUT2D eigenvalue weighted by Gasteiger charge is -2.45. The second kappa shape index (κ2) is 3.42. The topological polar surface area (TPSA) is 23.8 Å². The van der Waals surface area contributed by atoms with Crippen LogP contribution < -0.4 is 0 Å². The van der Waals surface area contributed by atoms with Gasteiger partial charge in [-0.15, -0.1) is 0 Å². The maximum absolute atomic E-state index is 9.12. The third-order valence-corrected chi connectivity index (χ3v) is 4.18. The van der Waals surface area contributed by atoms with Crippen molar-refractivity contribution in [3.63, 3.8) is 0 Å². The standard InChI is InChI=1S/C13H19N/c1-8(2)12-6-10-5-11(7-14)13(12)4-9(10)3/h4,8,10-13H,5-6H2,1-3H3/t10-,11-,12-,13+/m1/s1. The fourth-order valence-corrected chi connectivity index (χ4v) is 3.25. The highest BCUT2D eigenvalue weighted by atomic mass is 14.5. The summed E-state index contributed by atoms with van der Waals surface area (Å²) in [4.78, 5) is 0. The number of allylic oxidation sites excluding steroid dienone is 2. The van der Waals surface area contributed by atoms with E-state index in [1.807, 2.05) is 0 Å². The largest absolute Gasteiger partial charge is 0.198 e. The molecule has 0 amide bonds. The highest BCUT2D eigenvalue weighted by molar-refractivity contribution is 5.20. The average molecular weight is 189 g/mol. The fourth-order valence-electron chi connectivity index (χ4n) is 3.25.